The second-order valence-electron chi connectivity index (χ2n) is 4.30. The Morgan fingerprint density at radius 1 is 1.37 bits per heavy atom. The van der Waals surface area contributed by atoms with Crippen LogP contribution in [0.2, 0.25) is 0 Å². The molecular weight excluding hydrogens is 244 g/mol. The molecular formula is C14H20N2O3. The average molecular weight is 264 g/mol. The number of methoxy groups -OCH3 is 1. The predicted octanol–water partition coefficient (Wildman–Crippen LogP) is 2.41. The Morgan fingerprint density at radius 2 is 2.11 bits per heavy atom. The lowest BCUT2D eigenvalue weighted by atomic mass is 10.2. The summed E-state index contributed by atoms with van der Waals surface area (Å²) in [5, 5.41) is 2.78. The second-order valence-corrected chi connectivity index (χ2v) is 4.30. The Hall–Kier alpha value is -2.04. The molecule has 0 aromatic heterocycles. The zero-order chi connectivity index (χ0) is 14.3. The highest BCUT2D eigenvalue weighted by Crippen LogP contribution is 2.10. The van der Waals surface area contributed by atoms with Crippen LogP contribution in [0, 0.1) is 6.92 Å². The summed E-state index contributed by atoms with van der Waals surface area (Å²) in [4.78, 5) is 24.8. The number of hydrogen-bond acceptors (Lipinski definition) is 3. The third kappa shape index (κ3) is 4.99. The molecule has 2 amide bonds. The first-order chi connectivity index (χ1) is 9.06. The SMILES string of the molecule is CCCN(CC(=O)OC)C(=O)Nc1cccc(C)c1. The van der Waals surface area contributed by atoms with Crippen LogP contribution in [0.5, 0.6) is 0 Å². The summed E-state index contributed by atoms with van der Waals surface area (Å²) in [7, 11) is 1.31. The molecule has 0 saturated heterocycles. The number of esters is 1. The highest BCUT2D eigenvalue weighted by Gasteiger charge is 2.16. The van der Waals surface area contributed by atoms with Crippen molar-refractivity contribution in [2.45, 2.75) is 20.3 Å². The molecule has 5 nitrogen and oxygen atoms in total. The molecule has 1 rings (SSSR count). The van der Waals surface area contributed by atoms with Gasteiger partial charge in [-0.1, -0.05) is 19.1 Å². The molecule has 104 valence electrons. The highest BCUT2D eigenvalue weighted by atomic mass is 16.5. The Labute approximate surface area is 113 Å². The van der Waals surface area contributed by atoms with E-state index in [1.165, 1.54) is 12.0 Å². The van der Waals surface area contributed by atoms with Gasteiger partial charge in [-0.3, -0.25) is 4.79 Å². The molecule has 1 aromatic carbocycles. The minimum absolute atomic E-state index is 0.0397. The van der Waals surface area contributed by atoms with E-state index in [1.807, 2.05) is 38.1 Å². The van der Waals surface area contributed by atoms with Crippen molar-refractivity contribution in [1.82, 2.24) is 4.90 Å². The van der Waals surface area contributed by atoms with Gasteiger partial charge in [-0.2, -0.15) is 0 Å². The Balaban J connectivity index is 2.68. The van der Waals surface area contributed by atoms with Gasteiger partial charge in [-0.25, -0.2) is 4.79 Å². The van der Waals surface area contributed by atoms with Crippen molar-refractivity contribution >= 4 is 17.7 Å². The average Bonchev–Trinajstić information content (AvgIpc) is 2.38. The number of hydrogen-bond donors (Lipinski definition) is 1. The minimum Gasteiger partial charge on any atom is -0.468 e. The van der Waals surface area contributed by atoms with E-state index in [9.17, 15) is 9.59 Å². The summed E-state index contributed by atoms with van der Waals surface area (Å²) in [5.74, 6) is -0.423. The fourth-order valence-corrected chi connectivity index (χ4v) is 1.67. The molecule has 0 fully saturated rings. The van der Waals surface area contributed by atoms with E-state index < -0.39 is 5.97 Å². The Bertz CT molecular complexity index is 446. The number of aryl methyl sites for hydroxylation is 1. The third-order valence-corrected chi connectivity index (χ3v) is 2.60. The van der Waals surface area contributed by atoms with E-state index in [4.69, 9.17) is 0 Å². The summed E-state index contributed by atoms with van der Waals surface area (Å²) in [6.07, 6.45) is 0.776. The van der Waals surface area contributed by atoms with E-state index in [0.717, 1.165) is 17.7 Å². The fourth-order valence-electron chi connectivity index (χ4n) is 1.67. The van der Waals surface area contributed by atoms with Crippen LogP contribution in [0.4, 0.5) is 10.5 Å². The first-order valence-electron chi connectivity index (χ1n) is 6.26. The quantitative estimate of drug-likeness (QED) is 0.831. The standard InChI is InChI=1S/C14H20N2O3/c1-4-8-16(10-13(17)19-3)14(18)15-12-7-5-6-11(2)9-12/h5-7,9H,4,8,10H2,1-3H3,(H,15,18). The number of benzene rings is 1. The maximum atomic E-state index is 12.1. The third-order valence-electron chi connectivity index (χ3n) is 2.60. The van der Waals surface area contributed by atoms with Gasteiger partial charge in [-0.05, 0) is 31.0 Å². The molecule has 0 aliphatic heterocycles. The minimum atomic E-state index is -0.423. The van der Waals surface area contributed by atoms with Gasteiger partial charge in [0.25, 0.3) is 0 Å². The van der Waals surface area contributed by atoms with Crippen LogP contribution in [-0.4, -0.2) is 37.1 Å². The zero-order valence-electron chi connectivity index (χ0n) is 11.6. The first-order valence-corrected chi connectivity index (χ1v) is 6.26. The topological polar surface area (TPSA) is 58.6 Å². The van der Waals surface area contributed by atoms with Crippen LogP contribution in [0.3, 0.4) is 0 Å². The molecule has 0 radical (unpaired) electrons. The smallest absolute Gasteiger partial charge is 0.325 e. The van der Waals surface area contributed by atoms with Crippen LogP contribution in [0.15, 0.2) is 24.3 Å². The number of rotatable bonds is 5. The monoisotopic (exact) mass is 264 g/mol. The lowest BCUT2D eigenvalue weighted by Gasteiger charge is -2.21. The molecule has 0 aliphatic carbocycles. The maximum absolute atomic E-state index is 12.1. The number of carbonyl (C=O) groups is 2. The second kappa shape index (κ2) is 7.41. The predicted molar refractivity (Wildman–Crippen MR) is 74.1 cm³/mol. The molecule has 19 heavy (non-hydrogen) atoms. The van der Waals surface area contributed by atoms with Gasteiger partial charge >= 0.3 is 12.0 Å². The van der Waals surface area contributed by atoms with Gasteiger partial charge < -0.3 is 15.0 Å². The molecule has 0 heterocycles. The lowest BCUT2D eigenvalue weighted by Crippen LogP contribution is -2.39. The van der Waals surface area contributed by atoms with Crippen molar-refractivity contribution in [3.05, 3.63) is 29.8 Å². The number of carbonyl (C=O) groups excluding carboxylic acids is 2. The summed E-state index contributed by atoms with van der Waals surface area (Å²) in [6.45, 7) is 4.37. The number of anilines is 1. The largest absolute Gasteiger partial charge is 0.468 e. The van der Waals surface area contributed by atoms with Crippen molar-refractivity contribution in [3.8, 4) is 0 Å². The molecule has 0 unspecified atom stereocenters. The van der Waals surface area contributed by atoms with Gasteiger partial charge in [0.2, 0.25) is 0 Å². The number of ether oxygens (including phenoxy) is 1. The van der Waals surface area contributed by atoms with Gasteiger partial charge in [0.15, 0.2) is 0 Å². The lowest BCUT2D eigenvalue weighted by molar-refractivity contribution is -0.141. The van der Waals surface area contributed by atoms with E-state index in [2.05, 4.69) is 10.1 Å². The Morgan fingerprint density at radius 3 is 2.68 bits per heavy atom. The van der Waals surface area contributed by atoms with Crippen LogP contribution in [-0.2, 0) is 9.53 Å². The number of urea groups is 1. The van der Waals surface area contributed by atoms with Crippen LogP contribution in [0.1, 0.15) is 18.9 Å². The van der Waals surface area contributed by atoms with Crippen molar-refractivity contribution in [3.63, 3.8) is 0 Å². The van der Waals surface area contributed by atoms with Gasteiger partial charge in [0, 0.05) is 12.2 Å². The molecule has 1 aromatic rings. The van der Waals surface area contributed by atoms with Crippen molar-refractivity contribution in [2.24, 2.45) is 0 Å². The first kappa shape index (κ1) is 15.0. The number of nitrogens with zero attached hydrogens (tertiary/aromatic N) is 1. The van der Waals surface area contributed by atoms with E-state index >= 15 is 0 Å². The normalized spacial score (nSPS) is 9.84. The van der Waals surface area contributed by atoms with E-state index in [0.29, 0.717) is 6.54 Å². The summed E-state index contributed by atoms with van der Waals surface area (Å²) in [6, 6.07) is 7.22. The Kier molecular flexibility index (Phi) is 5.85. The number of nitrogens with one attached hydrogen (secondary N) is 1. The fraction of sp³-hybridized carbons (Fsp3) is 0.429. The maximum Gasteiger partial charge on any atom is 0.325 e. The zero-order valence-corrected chi connectivity index (χ0v) is 11.6. The molecule has 0 spiro atoms. The van der Waals surface area contributed by atoms with Crippen LogP contribution < -0.4 is 5.32 Å². The van der Waals surface area contributed by atoms with Crippen LogP contribution in [0.25, 0.3) is 0 Å². The van der Waals surface area contributed by atoms with Gasteiger partial charge in [-0.15, -0.1) is 0 Å². The van der Waals surface area contributed by atoms with E-state index in [1.54, 1.807) is 0 Å². The summed E-state index contributed by atoms with van der Waals surface area (Å²) >= 11 is 0. The molecule has 0 bridgehead atoms. The molecule has 0 aliphatic rings. The summed E-state index contributed by atoms with van der Waals surface area (Å²) < 4.78 is 4.59. The van der Waals surface area contributed by atoms with Gasteiger partial charge in [0.05, 0.1) is 7.11 Å². The molecule has 0 atom stereocenters. The highest BCUT2D eigenvalue weighted by molar-refractivity contribution is 5.91. The number of amides is 2. The molecule has 1 N–H and O–H groups in total. The van der Waals surface area contributed by atoms with Crippen molar-refractivity contribution in [2.75, 3.05) is 25.5 Å². The van der Waals surface area contributed by atoms with Crippen LogP contribution >= 0.6 is 0 Å². The summed E-state index contributed by atoms with van der Waals surface area (Å²) in [5.41, 5.74) is 1.78. The van der Waals surface area contributed by atoms with Gasteiger partial charge in [0.1, 0.15) is 6.54 Å². The van der Waals surface area contributed by atoms with Crippen molar-refractivity contribution < 1.29 is 14.3 Å². The van der Waals surface area contributed by atoms with Crippen molar-refractivity contribution in [1.29, 1.82) is 0 Å². The van der Waals surface area contributed by atoms with E-state index in [-0.39, 0.29) is 12.6 Å². The molecule has 5 heteroatoms. The molecule has 0 saturated carbocycles.